The molecule has 0 N–H and O–H groups in total. The van der Waals surface area contributed by atoms with Crippen LogP contribution in [0.15, 0.2) is 48.6 Å². The number of rotatable bonds is 62. The Morgan fingerprint density at radius 2 is 0.487 bits per heavy atom. The van der Waals surface area contributed by atoms with Gasteiger partial charge in [-0.25, -0.2) is 0 Å². The Morgan fingerprint density at radius 3 is 0.789 bits per heavy atom. The van der Waals surface area contributed by atoms with Crippen molar-refractivity contribution < 1.29 is 28.6 Å². The van der Waals surface area contributed by atoms with Crippen LogP contribution in [0.5, 0.6) is 0 Å². The second-order valence-electron chi connectivity index (χ2n) is 22.7. The van der Waals surface area contributed by atoms with Crippen molar-refractivity contribution >= 4 is 17.9 Å². The lowest BCUT2D eigenvalue weighted by molar-refractivity contribution is -0.167. The third-order valence-corrected chi connectivity index (χ3v) is 15.1. The number of carbonyl (C=O) groups is 3. The summed E-state index contributed by atoms with van der Waals surface area (Å²) in [5, 5.41) is 0. The van der Waals surface area contributed by atoms with Crippen LogP contribution in [0.3, 0.4) is 0 Å². The first-order chi connectivity index (χ1) is 37.5. The second kappa shape index (κ2) is 64.9. The van der Waals surface area contributed by atoms with Crippen molar-refractivity contribution in [2.24, 2.45) is 0 Å². The molecule has 6 nitrogen and oxygen atoms in total. The zero-order valence-corrected chi connectivity index (χ0v) is 51.0. The summed E-state index contributed by atoms with van der Waals surface area (Å²) < 4.78 is 16.9. The van der Waals surface area contributed by atoms with E-state index in [1.54, 1.807) is 0 Å². The van der Waals surface area contributed by atoms with E-state index in [2.05, 4.69) is 69.4 Å². The molecule has 0 fully saturated rings. The predicted octanol–water partition coefficient (Wildman–Crippen LogP) is 22.9. The summed E-state index contributed by atoms with van der Waals surface area (Å²) in [5.41, 5.74) is 0. The highest BCUT2D eigenvalue weighted by Crippen LogP contribution is 2.18. The number of esters is 3. The predicted molar refractivity (Wildman–Crippen MR) is 330 cm³/mol. The number of ether oxygens (including phenoxy) is 3. The van der Waals surface area contributed by atoms with Gasteiger partial charge in [0.15, 0.2) is 6.10 Å². The zero-order chi connectivity index (χ0) is 55.0. The maximum atomic E-state index is 12.9. The standard InChI is InChI=1S/C70H128O6/c1-4-7-10-13-16-19-22-25-28-30-31-32-33-34-35-36-37-38-39-41-42-45-48-51-54-57-60-63-69(72)75-66-67(65-74-68(71)62-59-56-53-50-47-44-27-24-21-18-15-12-9-6-3)76-70(73)64-61-58-55-52-49-46-43-40-29-26-23-20-17-14-11-8-5-2/h15,17-18,20,24,26-27,29,67H,4-14,16,19,21-23,25,28,30-66H2,1-3H3/b18-15-,20-17-,27-24-,29-26-. The Bertz CT molecular complexity index is 1310. The van der Waals surface area contributed by atoms with E-state index in [4.69, 9.17) is 14.2 Å². The summed E-state index contributed by atoms with van der Waals surface area (Å²) in [6.45, 7) is 6.61. The zero-order valence-electron chi connectivity index (χ0n) is 51.0. The van der Waals surface area contributed by atoms with Gasteiger partial charge in [-0.3, -0.25) is 14.4 Å². The number of unbranched alkanes of at least 4 members (excludes halogenated alkanes) is 43. The van der Waals surface area contributed by atoms with E-state index in [9.17, 15) is 14.4 Å². The van der Waals surface area contributed by atoms with Crippen molar-refractivity contribution in [3.8, 4) is 0 Å². The molecule has 0 aromatic heterocycles. The second-order valence-corrected chi connectivity index (χ2v) is 22.7. The summed E-state index contributed by atoms with van der Waals surface area (Å²) >= 11 is 0. The molecule has 76 heavy (non-hydrogen) atoms. The van der Waals surface area contributed by atoms with Gasteiger partial charge in [-0.15, -0.1) is 0 Å². The third-order valence-electron chi connectivity index (χ3n) is 15.1. The van der Waals surface area contributed by atoms with Crippen LogP contribution < -0.4 is 0 Å². The van der Waals surface area contributed by atoms with Crippen molar-refractivity contribution in [2.45, 2.75) is 367 Å². The molecule has 0 aromatic carbocycles. The third kappa shape index (κ3) is 62.2. The van der Waals surface area contributed by atoms with Crippen LogP contribution in [0, 0.1) is 0 Å². The first kappa shape index (κ1) is 73.4. The molecule has 1 unspecified atom stereocenters. The Kier molecular flexibility index (Phi) is 62.6. The summed E-state index contributed by atoms with van der Waals surface area (Å²) in [5.74, 6) is -0.879. The first-order valence-electron chi connectivity index (χ1n) is 33.6. The molecule has 0 saturated heterocycles. The Morgan fingerprint density at radius 1 is 0.263 bits per heavy atom. The summed E-state index contributed by atoms with van der Waals surface area (Å²) in [6, 6.07) is 0. The average Bonchev–Trinajstić information content (AvgIpc) is 3.42. The van der Waals surface area contributed by atoms with E-state index in [0.29, 0.717) is 19.3 Å². The molecule has 6 heteroatoms. The van der Waals surface area contributed by atoms with Crippen molar-refractivity contribution in [1.82, 2.24) is 0 Å². The fraction of sp³-hybridized carbons (Fsp3) is 0.843. The van der Waals surface area contributed by atoms with Crippen LogP contribution in [0.4, 0.5) is 0 Å². The van der Waals surface area contributed by atoms with Crippen molar-refractivity contribution in [3.63, 3.8) is 0 Å². The van der Waals surface area contributed by atoms with Crippen LogP contribution in [-0.2, 0) is 28.6 Å². The van der Waals surface area contributed by atoms with E-state index in [1.807, 2.05) is 0 Å². The van der Waals surface area contributed by atoms with Gasteiger partial charge in [0, 0.05) is 19.3 Å². The normalized spacial score (nSPS) is 12.3. The van der Waals surface area contributed by atoms with Gasteiger partial charge in [0.2, 0.25) is 0 Å². The maximum Gasteiger partial charge on any atom is 0.306 e. The molecule has 0 amide bonds. The van der Waals surface area contributed by atoms with Crippen LogP contribution in [-0.4, -0.2) is 37.2 Å². The SMILES string of the molecule is CCCC/C=C\C/C=C\CCCCCCCC(=O)OCC(COC(=O)CCCCCCCCCCCCCCCCCCCCCCCCCCCCC)OC(=O)CCCCCCCCC/C=C\C/C=C\CCCCC. The molecule has 444 valence electrons. The molecule has 0 heterocycles. The van der Waals surface area contributed by atoms with Gasteiger partial charge >= 0.3 is 17.9 Å². The fourth-order valence-electron chi connectivity index (χ4n) is 9.96. The molecule has 0 aromatic rings. The molecule has 0 saturated carbocycles. The topological polar surface area (TPSA) is 78.9 Å². The van der Waals surface area contributed by atoms with E-state index in [1.165, 1.54) is 231 Å². The van der Waals surface area contributed by atoms with Gasteiger partial charge < -0.3 is 14.2 Å². The van der Waals surface area contributed by atoms with Crippen LogP contribution in [0.25, 0.3) is 0 Å². The Labute approximate surface area is 473 Å². The molecule has 0 aliphatic heterocycles. The summed E-state index contributed by atoms with van der Waals surface area (Å²) in [4.78, 5) is 38.3. The lowest BCUT2D eigenvalue weighted by Gasteiger charge is -2.18. The lowest BCUT2D eigenvalue weighted by Crippen LogP contribution is -2.30. The van der Waals surface area contributed by atoms with Gasteiger partial charge in [-0.05, 0) is 77.0 Å². The van der Waals surface area contributed by atoms with Gasteiger partial charge in [0.05, 0.1) is 0 Å². The molecular weight excluding hydrogens is 937 g/mol. The number of allylic oxidation sites excluding steroid dienone is 8. The Balaban J connectivity index is 4.23. The molecule has 0 rings (SSSR count). The summed E-state index contributed by atoms with van der Waals surface area (Å²) in [6.07, 6.45) is 81.3. The fourth-order valence-corrected chi connectivity index (χ4v) is 9.96. The summed E-state index contributed by atoms with van der Waals surface area (Å²) in [7, 11) is 0. The van der Waals surface area contributed by atoms with Gasteiger partial charge in [0.25, 0.3) is 0 Å². The van der Waals surface area contributed by atoms with Crippen molar-refractivity contribution in [3.05, 3.63) is 48.6 Å². The minimum absolute atomic E-state index is 0.0775. The molecule has 0 aliphatic carbocycles. The molecular formula is C70H128O6. The maximum absolute atomic E-state index is 12.9. The van der Waals surface area contributed by atoms with E-state index in [0.717, 1.165) is 89.9 Å². The smallest absolute Gasteiger partial charge is 0.306 e. The van der Waals surface area contributed by atoms with E-state index < -0.39 is 6.10 Å². The highest BCUT2D eigenvalue weighted by atomic mass is 16.6. The lowest BCUT2D eigenvalue weighted by atomic mass is 10.0. The van der Waals surface area contributed by atoms with Crippen LogP contribution in [0.1, 0.15) is 361 Å². The minimum Gasteiger partial charge on any atom is -0.462 e. The van der Waals surface area contributed by atoms with E-state index >= 15 is 0 Å². The molecule has 0 spiro atoms. The van der Waals surface area contributed by atoms with Gasteiger partial charge in [-0.1, -0.05) is 313 Å². The number of carbonyl (C=O) groups excluding carboxylic acids is 3. The number of hydrogen-bond donors (Lipinski definition) is 0. The molecule has 0 aliphatic rings. The minimum atomic E-state index is -0.782. The van der Waals surface area contributed by atoms with Crippen LogP contribution in [0.2, 0.25) is 0 Å². The van der Waals surface area contributed by atoms with Crippen molar-refractivity contribution in [2.75, 3.05) is 13.2 Å². The highest BCUT2D eigenvalue weighted by Gasteiger charge is 2.19. The monoisotopic (exact) mass is 1060 g/mol. The van der Waals surface area contributed by atoms with Gasteiger partial charge in [-0.2, -0.15) is 0 Å². The molecule has 1 atom stereocenters. The highest BCUT2D eigenvalue weighted by molar-refractivity contribution is 5.71. The van der Waals surface area contributed by atoms with Crippen LogP contribution >= 0.6 is 0 Å². The van der Waals surface area contributed by atoms with Gasteiger partial charge in [0.1, 0.15) is 13.2 Å². The Hall–Kier alpha value is -2.63. The van der Waals surface area contributed by atoms with E-state index in [-0.39, 0.29) is 31.1 Å². The average molecular weight is 1070 g/mol. The first-order valence-corrected chi connectivity index (χ1v) is 33.6. The molecule has 0 radical (unpaired) electrons. The largest absolute Gasteiger partial charge is 0.462 e. The van der Waals surface area contributed by atoms with Crippen molar-refractivity contribution in [1.29, 1.82) is 0 Å². The molecule has 0 bridgehead atoms. The quantitative estimate of drug-likeness (QED) is 0.0261. The number of hydrogen-bond acceptors (Lipinski definition) is 6.